The van der Waals surface area contributed by atoms with E-state index in [-0.39, 0.29) is 6.04 Å². The first-order chi connectivity index (χ1) is 9.90. The number of hydrazine groups is 1. The number of alkyl halides is 3. The summed E-state index contributed by atoms with van der Waals surface area (Å²) in [6.07, 6.45) is -3.82. The fourth-order valence-electron chi connectivity index (χ4n) is 2.16. The Bertz CT molecular complexity index is 591. The SMILES string of the molecule is Cc1ccc(CC(NN)c2cccc(C(F)(F)F)c2)cc1. The summed E-state index contributed by atoms with van der Waals surface area (Å²) in [7, 11) is 0. The van der Waals surface area contributed by atoms with Crippen LogP contribution in [0.2, 0.25) is 0 Å². The van der Waals surface area contributed by atoms with Gasteiger partial charge in [0.1, 0.15) is 0 Å². The fraction of sp³-hybridized carbons (Fsp3) is 0.250. The lowest BCUT2D eigenvalue weighted by atomic mass is 9.97. The number of aryl methyl sites for hydroxylation is 1. The predicted octanol–water partition coefficient (Wildman–Crippen LogP) is 3.76. The van der Waals surface area contributed by atoms with Crippen molar-refractivity contribution >= 4 is 0 Å². The fourth-order valence-corrected chi connectivity index (χ4v) is 2.16. The summed E-state index contributed by atoms with van der Waals surface area (Å²) >= 11 is 0. The summed E-state index contributed by atoms with van der Waals surface area (Å²) in [4.78, 5) is 0. The lowest BCUT2D eigenvalue weighted by molar-refractivity contribution is -0.137. The molecule has 1 unspecified atom stereocenters. The van der Waals surface area contributed by atoms with Crippen LogP contribution >= 0.6 is 0 Å². The van der Waals surface area contributed by atoms with Gasteiger partial charge in [-0.1, -0.05) is 42.0 Å². The van der Waals surface area contributed by atoms with Crippen LogP contribution in [-0.4, -0.2) is 0 Å². The van der Waals surface area contributed by atoms with Crippen molar-refractivity contribution in [3.63, 3.8) is 0 Å². The highest BCUT2D eigenvalue weighted by atomic mass is 19.4. The Balaban J connectivity index is 2.23. The van der Waals surface area contributed by atoms with Gasteiger partial charge in [0.05, 0.1) is 5.56 Å². The highest BCUT2D eigenvalue weighted by Gasteiger charge is 2.30. The quantitative estimate of drug-likeness (QED) is 0.665. The molecular formula is C16H17F3N2. The first-order valence-corrected chi connectivity index (χ1v) is 6.59. The first kappa shape index (κ1) is 15.5. The average Bonchev–Trinajstić information content (AvgIpc) is 2.46. The highest BCUT2D eigenvalue weighted by Crippen LogP contribution is 2.31. The molecule has 1 atom stereocenters. The van der Waals surface area contributed by atoms with Crippen molar-refractivity contribution in [1.82, 2.24) is 5.43 Å². The molecule has 0 aliphatic heterocycles. The second kappa shape index (κ2) is 6.28. The molecule has 0 spiro atoms. The molecule has 0 heterocycles. The number of benzene rings is 2. The zero-order valence-electron chi connectivity index (χ0n) is 11.6. The molecular weight excluding hydrogens is 277 g/mol. The van der Waals surface area contributed by atoms with Crippen LogP contribution in [0.4, 0.5) is 13.2 Å². The molecule has 21 heavy (non-hydrogen) atoms. The Labute approximate surface area is 121 Å². The second-order valence-electron chi connectivity index (χ2n) is 5.03. The summed E-state index contributed by atoms with van der Waals surface area (Å²) in [6.45, 7) is 1.98. The summed E-state index contributed by atoms with van der Waals surface area (Å²) in [5.41, 5.74) is 4.60. The smallest absolute Gasteiger partial charge is 0.271 e. The molecule has 0 aliphatic rings. The molecule has 0 saturated heterocycles. The van der Waals surface area contributed by atoms with Gasteiger partial charge in [-0.2, -0.15) is 13.2 Å². The summed E-state index contributed by atoms with van der Waals surface area (Å²) in [5.74, 6) is 5.51. The van der Waals surface area contributed by atoms with E-state index >= 15 is 0 Å². The van der Waals surface area contributed by atoms with Gasteiger partial charge in [0.2, 0.25) is 0 Å². The molecule has 2 aromatic carbocycles. The van der Waals surface area contributed by atoms with Crippen LogP contribution in [-0.2, 0) is 12.6 Å². The minimum atomic E-state index is -4.35. The minimum absolute atomic E-state index is 0.366. The topological polar surface area (TPSA) is 38.0 Å². The Morgan fingerprint density at radius 2 is 1.76 bits per heavy atom. The molecule has 112 valence electrons. The standard InChI is InChI=1S/C16H17F3N2/c1-11-5-7-12(8-6-11)9-15(21-20)13-3-2-4-14(10-13)16(17,18)19/h2-8,10,15,21H,9,20H2,1H3. The van der Waals surface area contributed by atoms with Crippen molar-refractivity contribution < 1.29 is 13.2 Å². The van der Waals surface area contributed by atoms with Crippen LogP contribution in [0.1, 0.15) is 28.3 Å². The van der Waals surface area contributed by atoms with Gasteiger partial charge in [-0.3, -0.25) is 11.3 Å². The third-order valence-electron chi connectivity index (χ3n) is 3.38. The van der Waals surface area contributed by atoms with Gasteiger partial charge >= 0.3 is 6.18 Å². The molecule has 2 rings (SSSR count). The molecule has 0 aliphatic carbocycles. The summed E-state index contributed by atoms with van der Waals surface area (Å²) in [5, 5.41) is 0. The number of rotatable bonds is 4. The number of halogens is 3. The van der Waals surface area contributed by atoms with Crippen molar-refractivity contribution in [3.05, 3.63) is 70.8 Å². The van der Waals surface area contributed by atoms with E-state index in [1.54, 1.807) is 6.07 Å². The molecule has 0 aromatic heterocycles. The minimum Gasteiger partial charge on any atom is -0.271 e. The number of nitrogens with two attached hydrogens (primary N) is 1. The molecule has 0 bridgehead atoms. The lowest BCUT2D eigenvalue weighted by Gasteiger charge is -2.18. The average molecular weight is 294 g/mol. The molecule has 5 heteroatoms. The van der Waals surface area contributed by atoms with Crippen molar-refractivity contribution in [2.24, 2.45) is 5.84 Å². The van der Waals surface area contributed by atoms with Crippen LogP contribution in [0, 0.1) is 6.92 Å². The largest absolute Gasteiger partial charge is 0.416 e. The lowest BCUT2D eigenvalue weighted by Crippen LogP contribution is -2.29. The van der Waals surface area contributed by atoms with Gasteiger partial charge in [0.15, 0.2) is 0 Å². The molecule has 3 N–H and O–H groups in total. The van der Waals surface area contributed by atoms with Crippen molar-refractivity contribution in [1.29, 1.82) is 0 Å². The third kappa shape index (κ3) is 4.06. The van der Waals surface area contributed by atoms with Crippen LogP contribution < -0.4 is 11.3 Å². The van der Waals surface area contributed by atoms with Gasteiger partial charge in [0.25, 0.3) is 0 Å². The third-order valence-corrected chi connectivity index (χ3v) is 3.38. The maximum absolute atomic E-state index is 12.8. The van der Waals surface area contributed by atoms with Crippen LogP contribution in [0.5, 0.6) is 0 Å². The Hall–Kier alpha value is -1.85. The number of hydrogen-bond donors (Lipinski definition) is 2. The van der Waals surface area contributed by atoms with Crippen LogP contribution in [0.3, 0.4) is 0 Å². The van der Waals surface area contributed by atoms with Crippen molar-refractivity contribution in [2.45, 2.75) is 25.6 Å². The van der Waals surface area contributed by atoms with E-state index in [1.165, 1.54) is 6.07 Å². The van der Waals surface area contributed by atoms with E-state index in [4.69, 9.17) is 5.84 Å². The van der Waals surface area contributed by atoms with Gasteiger partial charge < -0.3 is 0 Å². The van der Waals surface area contributed by atoms with Crippen molar-refractivity contribution in [2.75, 3.05) is 0 Å². The normalized spacial score (nSPS) is 13.2. The summed E-state index contributed by atoms with van der Waals surface area (Å²) in [6, 6.07) is 12.7. The Kier molecular flexibility index (Phi) is 4.65. The number of hydrogen-bond acceptors (Lipinski definition) is 2. The molecule has 0 radical (unpaired) electrons. The Morgan fingerprint density at radius 1 is 1.10 bits per heavy atom. The summed E-state index contributed by atoms with van der Waals surface area (Å²) < 4.78 is 38.3. The molecule has 2 aromatic rings. The number of nitrogens with one attached hydrogen (secondary N) is 1. The molecule has 2 nitrogen and oxygen atoms in total. The molecule has 0 fully saturated rings. The van der Waals surface area contributed by atoms with Gasteiger partial charge in [-0.15, -0.1) is 0 Å². The first-order valence-electron chi connectivity index (χ1n) is 6.59. The highest BCUT2D eigenvalue weighted by molar-refractivity contribution is 5.30. The van der Waals surface area contributed by atoms with Crippen LogP contribution in [0.15, 0.2) is 48.5 Å². The van der Waals surface area contributed by atoms with Crippen LogP contribution in [0.25, 0.3) is 0 Å². The second-order valence-corrected chi connectivity index (χ2v) is 5.03. The van der Waals surface area contributed by atoms with E-state index in [0.717, 1.165) is 23.3 Å². The molecule has 0 saturated carbocycles. The van der Waals surface area contributed by atoms with E-state index in [9.17, 15) is 13.2 Å². The predicted molar refractivity (Wildman–Crippen MR) is 76.4 cm³/mol. The maximum Gasteiger partial charge on any atom is 0.416 e. The van der Waals surface area contributed by atoms with Crippen molar-refractivity contribution in [3.8, 4) is 0 Å². The zero-order valence-corrected chi connectivity index (χ0v) is 11.6. The van der Waals surface area contributed by atoms with E-state index in [2.05, 4.69) is 5.43 Å². The van der Waals surface area contributed by atoms with E-state index in [0.29, 0.717) is 12.0 Å². The Morgan fingerprint density at radius 3 is 2.33 bits per heavy atom. The molecule has 0 amide bonds. The van der Waals surface area contributed by atoms with Gasteiger partial charge in [-0.25, -0.2) is 0 Å². The zero-order chi connectivity index (χ0) is 15.5. The van der Waals surface area contributed by atoms with Gasteiger partial charge in [0, 0.05) is 6.04 Å². The maximum atomic E-state index is 12.8. The van der Waals surface area contributed by atoms with E-state index in [1.807, 2.05) is 31.2 Å². The monoisotopic (exact) mass is 294 g/mol. The van der Waals surface area contributed by atoms with Gasteiger partial charge in [-0.05, 0) is 36.6 Å². The van der Waals surface area contributed by atoms with E-state index < -0.39 is 11.7 Å².